The van der Waals surface area contributed by atoms with Gasteiger partial charge in [0.2, 0.25) is 0 Å². The number of benzene rings is 1. The van der Waals surface area contributed by atoms with E-state index in [-0.39, 0.29) is 11.5 Å². The lowest BCUT2D eigenvalue weighted by Crippen LogP contribution is -1.91. The van der Waals surface area contributed by atoms with Crippen molar-refractivity contribution in [3.05, 3.63) is 46.6 Å². The molecule has 0 saturated carbocycles. The second-order valence-corrected chi connectivity index (χ2v) is 6.60. The average molecular weight is 326 g/mol. The zero-order valence-corrected chi connectivity index (χ0v) is 15.2. The topological polar surface area (TPSA) is 40.5 Å². The van der Waals surface area contributed by atoms with Gasteiger partial charge in [-0.2, -0.15) is 0 Å². The molecule has 0 aliphatic heterocycles. The number of hydrogen-bond donors (Lipinski definition) is 2. The molecular weight excluding hydrogens is 296 g/mol. The summed E-state index contributed by atoms with van der Waals surface area (Å²) in [4.78, 5) is 0. The summed E-state index contributed by atoms with van der Waals surface area (Å²) in [5.41, 5.74) is 4.15. The van der Waals surface area contributed by atoms with Gasteiger partial charge in [-0.25, -0.2) is 0 Å². The highest BCUT2D eigenvalue weighted by Crippen LogP contribution is 2.30. The van der Waals surface area contributed by atoms with E-state index in [0.29, 0.717) is 12.0 Å². The van der Waals surface area contributed by atoms with Crippen molar-refractivity contribution >= 4 is 0 Å². The summed E-state index contributed by atoms with van der Waals surface area (Å²) in [6.07, 6.45) is 15.6. The first-order chi connectivity index (χ1) is 11.4. The van der Waals surface area contributed by atoms with E-state index < -0.39 is 0 Å². The largest absolute Gasteiger partial charge is 0.508 e. The SMILES string of the molecule is C#CCCCCc1cc(O)c(C/C=C(\C)CCC=C(C)C)c(O)c1. The fourth-order valence-corrected chi connectivity index (χ4v) is 2.57. The highest BCUT2D eigenvalue weighted by molar-refractivity contribution is 5.47. The minimum atomic E-state index is 0.176. The summed E-state index contributed by atoms with van der Waals surface area (Å²) in [5.74, 6) is 2.98. The molecule has 0 saturated heterocycles. The monoisotopic (exact) mass is 326 g/mol. The van der Waals surface area contributed by atoms with Gasteiger partial charge in [-0.3, -0.25) is 0 Å². The maximum atomic E-state index is 10.2. The Morgan fingerprint density at radius 3 is 2.33 bits per heavy atom. The first kappa shape index (κ1) is 19.9. The Morgan fingerprint density at radius 1 is 1.08 bits per heavy atom. The lowest BCUT2D eigenvalue weighted by molar-refractivity contribution is 0.439. The van der Waals surface area contributed by atoms with Crippen LogP contribution in [0.5, 0.6) is 11.5 Å². The van der Waals surface area contributed by atoms with Crippen molar-refractivity contribution in [1.82, 2.24) is 0 Å². The van der Waals surface area contributed by atoms with Gasteiger partial charge in [-0.05, 0) is 77.0 Å². The van der Waals surface area contributed by atoms with E-state index in [1.165, 1.54) is 11.1 Å². The summed E-state index contributed by atoms with van der Waals surface area (Å²) in [6.45, 7) is 6.29. The number of aryl methyl sites for hydroxylation is 1. The van der Waals surface area contributed by atoms with E-state index in [0.717, 1.165) is 44.1 Å². The average Bonchev–Trinajstić information content (AvgIpc) is 2.50. The quantitative estimate of drug-likeness (QED) is 0.348. The number of phenolic OH excluding ortho intramolecular Hbond substituents is 2. The summed E-state index contributed by atoms with van der Waals surface area (Å²) in [5, 5.41) is 20.4. The standard InChI is InChI=1S/C22H30O2/c1-5-6-7-8-12-19-15-21(23)20(22(24)16-19)14-13-18(4)11-9-10-17(2)3/h1,10,13,15-16,23-24H,6-9,11-12,14H2,2-4H3/b18-13+. The molecule has 2 N–H and O–H groups in total. The van der Waals surface area contributed by atoms with Crippen molar-refractivity contribution in [2.75, 3.05) is 0 Å². The number of unbranched alkanes of at least 4 members (excludes halogenated alkanes) is 2. The molecular formula is C22H30O2. The van der Waals surface area contributed by atoms with Crippen LogP contribution >= 0.6 is 0 Å². The van der Waals surface area contributed by atoms with Crippen molar-refractivity contribution in [2.45, 2.75) is 65.7 Å². The van der Waals surface area contributed by atoms with Gasteiger partial charge in [0.1, 0.15) is 11.5 Å². The number of aromatic hydroxyl groups is 2. The van der Waals surface area contributed by atoms with E-state index in [2.05, 4.69) is 38.8 Å². The highest BCUT2D eigenvalue weighted by atomic mass is 16.3. The Balaban J connectivity index is 2.65. The molecule has 24 heavy (non-hydrogen) atoms. The molecule has 0 radical (unpaired) electrons. The zero-order valence-electron chi connectivity index (χ0n) is 15.2. The van der Waals surface area contributed by atoms with Gasteiger partial charge < -0.3 is 10.2 Å². The fourth-order valence-electron chi connectivity index (χ4n) is 2.57. The van der Waals surface area contributed by atoms with Gasteiger partial charge in [0.05, 0.1) is 0 Å². The smallest absolute Gasteiger partial charge is 0.123 e. The molecule has 0 fully saturated rings. The molecule has 0 unspecified atom stereocenters. The molecule has 2 nitrogen and oxygen atoms in total. The Labute approximate surface area is 146 Å². The van der Waals surface area contributed by atoms with Crippen molar-refractivity contribution in [3.8, 4) is 23.8 Å². The first-order valence-electron chi connectivity index (χ1n) is 8.70. The van der Waals surface area contributed by atoms with Gasteiger partial charge in [0.25, 0.3) is 0 Å². The Kier molecular flexibility index (Phi) is 8.79. The van der Waals surface area contributed by atoms with Crippen molar-refractivity contribution in [2.24, 2.45) is 0 Å². The normalized spacial score (nSPS) is 11.2. The molecule has 0 heterocycles. The third kappa shape index (κ3) is 7.42. The van der Waals surface area contributed by atoms with Crippen LogP contribution in [0.1, 0.15) is 64.0 Å². The van der Waals surface area contributed by atoms with Crippen molar-refractivity contribution in [3.63, 3.8) is 0 Å². The summed E-state index contributed by atoms with van der Waals surface area (Å²) < 4.78 is 0. The van der Waals surface area contributed by atoms with Crippen molar-refractivity contribution in [1.29, 1.82) is 0 Å². The van der Waals surface area contributed by atoms with Gasteiger partial charge in [0.15, 0.2) is 0 Å². The Bertz CT molecular complexity index is 603. The predicted molar refractivity (Wildman–Crippen MR) is 102 cm³/mol. The molecule has 1 aromatic carbocycles. The van der Waals surface area contributed by atoms with Crippen LogP contribution in [0.4, 0.5) is 0 Å². The van der Waals surface area contributed by atoms with Crippen LogP contribution in [0.3, 0.4) is 0 Å². The van der Waals surface area contributed by atoms with Gasteiger partial charge in [-0.1, -0.05) is 23.3 Å². The van der Waals surface area contributed by atoms with E-state index >= 15 is 0 Å². The van der Waals surface area contributed by atoms with E-state index in [1.807, 2.05) is 0 Å². The molecule has 1 aromatic rings. The van der Waals surface area contributed by atoms with Crippen LogP contribution < -0.4 is 0 Å². The fraction of sp³-hybridized carbons (Fsp3) is 0.455. The maximum Gasteiger partial charge on any atom is 0.123 e. The molecule has 0 aliphatic carbocycles. The van der Waals surface area contributed by atoms with E-state index in [1.54, 1.807) is 12.1 Å². The lowest BCUT2D eigenvalue weighted by atomic mass is 10.0. The number of hydrogen-bond acceptors (Lipinski definition) is 2. The van der Waals surface area contributed by atoms with Gasteiger partial charge in [0, 0.05) is 12.0 Å². The van der Waals surface area contributed by atoms with Crippen LogP contribution in [0.25, 0.3) is 0 Å². The number of allylic oxidation sites excluding steroid dienone is 4. The second-order valence-electron chi connectivity index (χ2n) is 6.60. The molecule has 1 rings (SSSR count). The lowest BCUT2D eigenvalue weighted by Gasteiger charge is -2.09. The Hall–Kier alpha value is -2.14. The molecule has 0 bridgehead atoms. The van der Waals surface area contributed by atoms with Gasteiger partial charge in [-0.15, -0.1) is 12.3 Å². The van der Waals surface area contributed by atoms with Crippen LogP contribution in [0.2, 0.25) is 0 Å². The van der Waals surface area contributed by atoms with E-state index in [4.69, 9.17) is 6.42 Å². The molecule has 0 aromatic heterocycles. The first-order valence-corrected chi connectivity index (χ1v) is 8.70. The molecule has 0 aliphatic rings. The van der Waals surface area contributed by atoms with Crippen LogP contribution in [0.15, 0.2) is 35.4 Å². The van der Waals surface area contributed by atoms with Crippen LogP contribution in [-0.2, 0) is 12.8 Å². The molecule has 2 heteroatoms. The highest BCUT2D eigenvalue weighted by Gasteiger charge is 2.09. The minimum Gasteiger partial charge on any atom is -0.508 e. The second kappa shape index (κ2) is 10.6. The third-order valence-corrected chi connectivity index (χ3v) is 4.05. The third-order valence-electron chi connectivity index (χ3n) is 4.05. The summed E-state index contributed by atoms with van der Waals surface area (Å²) in [6, 6.07) is 3.52. The predicted octanol–water partition coefficient (Wildman–Crippen LogP) is 5.68. The van der Waals surface area contributed by atoms with E-state index in [9.17, 15) is 10.2 Å². The number of terminal acetylenes is 1. The molecule has 130 valence electrons. The zero-order chi connectivity index (χ0) is 17.9. The molecule has 0 spiro atoms. The number of phenols is 2. The summed E-state index contributed by atoms with van der Waals surface area (Å²) in [7, 11) is 0. The molecule has 0 amide bonds. The van der Waals surface area contributed by atoms with Crippen molar-refractivity contribution < 1.29 is 10.2 Å². The Morgan fingerprint density at radius 2 is 1.75 bits per heavy atom. The van der Waals surface area contributed by atoms with Crippen LogP contribution in [0, 0.1) is 12.3 Å². The van der Waals surface area contributed by atoms with Crippen LogP contribution in [-0.4, -0.2) is 10.2 Å². The molecule has 0 atom stereocenters. The number of rotatable bonds is 9. The minimum absolute atomic E-state index is 0.176. The maximum absolute atomic E-state index is 10.2. The van der Waals surface area contributed by atoms with Gasteiger partial charge >= 0.3 is 0 Å². The summed E-state index contributed by atoms with van der Waals surface area (Å²) >= 11 is 0.